The molecule has 5 nitrogen and oxygen atoms in total. The van der Waals surface area contributed by atoms with Crippen LogP contribution in [0.2, 0.25) is 0 Å². The van der Waals surface area contributed by atoms with Crippen LogP contribution in [-0.2, 0) is 9.53 Å². The molecule has 3 unspecified atom stereocenters. The number of carbonyl (C=O) groups is 1. The van der Waals surface area contributed by atoms with Gasteiger partial charge in [0, 0.05) is 31.7 Å². The minimum atomic E-state index is -1.41. The summed E-state index contributed by atoms with van der Waals surface area (Å²) >= 11 is 0. The molecule has 2 aliphatic heterocycles. The van der Waals surface area contributed by atoms with Crippen LogP contribution in [0.15, 0.2) is 0 Å². The number of hydrogen-bond acceptors (Lipinski definition) is 5. The molecule has 18 heavy (non-hydrogen) atoms. The van der Waals surface area contributed by atoms with Crippen LogP contribution in [0.3, 0.4) is 0 Å². The van der Waals surface area contributed by atoms with E-state index in [9.17, 15) is 9.90 Å². The number of hydrogen-bond donors (Lipinski definition) is 1. The molecule has 0 bridgehead atoms. The van der Waals surface area contributed by atoms with Gasteiger partial charge in [-0.25, -0.2) is 4.79 Å². The minimum absolute atomic E-state index is 0.352. The van der Waals surface area contributed by atoms with E-state index in [2.05, 4.69) is 21.5 Å². The van der Waals surface area contributed by atoms with E-state index in [1.165, 1.54) is 33.4 Å². The van der Waals surface area contributed by atoms with Gasteiger partial charge in [-0.2, -0.15) is 0 Å². The number of esters is 1. The lowest BCUT2D eigenvalue weighted by Crippen LogP contribution is -2.59. The Kier molecular flexibility index (Phi) is 3.94. The van der Waals surface area contributed by atoms with Crippen LogP contribution < -0.4 is 0 Å². The Morgan fingerprint density at radius 1 is 1.50 bits per heavy atom. The van der Waals surface area contributed by atoms with Crippen LogP contribution in [-0.4, -0.2) is 71.8 Å². The van der Waals surface area contributed by atoms with Crippen molar-refractivity contribution in [3.8, 4) is 0 Å². The summed E-state index contributed by atoms with van der Waals surface area (Å²) in [6.07, 6.45) is 2.49. The van der Waals surface area contributed by atoms with Gasteiger partial charge in [0.1, 0.15) is 0 Å². The summed E-state index contributed by atoms with van der Waals surface area (Å²) in [6, 6.07) is 0.963. The van der Waals surface area contributed by atoms with Gasteiger partial charge < -0.3 is 9.84 Å². The van der Waals surface area contributed by atoms with Gasteiger partial charge >= 0.3 is 5.97 Å². The zero-order valence-electron chi connectivity index (χ0n) is 11.6. The van der Waals surface area contributed by atoms with E-state index in [0.717, 1.165) is 13.1 Å². The lowest BCUT2D eigenvalue weighted by atomic mass is 10.0. The van der Waals surface area contributed by atoms with Crippen molar-refractivity contribution < 1.29 is 14.6 Å². The number of ether oxygens (including phenoxy) is 1. The van der Waals surface area contributed by atoms with Gasteiger partial charge in [-0.05, 0) is 33.2 Å². The monoisotopic (exact) mass is 256 g/mol. The first kappa shape index (κ1) is 13.8. The zero-order valence-corrected chi connectivity index (χ0v) is 11.6. The average Bonchev–Trinajstić information content (AvgIpc) is 2.75. The second-order valence-corrected chi connectivity index (χ2v) is 5.83. The second kappa shape index (κ2) is 5.15. The smallest absolute Gasteiger partial charge is 0.338 e. The normalized spacial score (nSPS) is 32.9. The molecule has 2 heterocycles. The second-order valence-electron chi connectivity index (χ2n) is 5.83. The molecule has 0 radical (unpaired) electrons. The molecule has 0 aromatic rings. The van der Waals surface area contributed by atoms with E-state index >= 15 is 0 Å². The highest BCUT2D eigenvalue weighted by Crippen LogP contribution is 2.25. The highest BCUT2D eigenvalue weighted by molar-refractivity contribution is 5.78. The first-order valence-corrected chi connectivity index (χ1v) is 6.73. The van der Waals surface area contributed by atoms with E-state index in [1.807, 2.05) is 0 Å². The Balaban J connectivity index is 1.98. The summed E-state index contributed by atoms with van der Waals surface area (Å²) in [4.78, 5) is 16.3. The maximum absolute atomic E-state index is 11.5. The predicted octanol–water partition coefficient (Wildman–Crippen LogP) is 0.0789. The van der Waals surface area contributed by atoms with Gasteiger partial charge in [-0.15, -0.1) is 0 Å². The van der Waals surface area contributed by atoms with Crippen molar-refractivity contribution in [2.45, 2.75) is 44.4 Å². The van der Waals surface area contributed by atoms with Crippen molar-refractivity contribution in [2.75, 3.05) is 33.3 Å². The lowest BCUT2D eigenvalue weighted by molar-refractivity contribution is -0.163. The fourth-order valence-corrected chi connectivity index (χ4v) is 3.15. The van der Waals surface area contributed by atoms with Crippen LogP contribution >= 0.6 is 0 Å². The first-order valence-electron chi connectivity index (χ1n) is 6.73. The fraction of sp³-hybridized carbons (Fsp3) is 0.923. The number of nitrogens with zero attached hydrogens (tertiary/aromatic N) is 2. The molecule has 2 saturated heterocycles. The number of piperazine rings is 1. The van der Waals surface area contributed by atoms with Crippen molar-refractivity contribution >= 4 is 5.97 Å². The molecule has 5 heteroatoms. The van der Waals surface area contributed by atoms with Crippen molar-refractivity contribution in [3.63, 3.8) is 0 Å². The molecule has 0 spiro atoms. The Morgan fingerprint density at radius 3 is 2.89 bits per heavy atom. The third-order valence-electron chi connectivity index (χ3n) is 4.20. The molecule has 2 rings (SSSR count). The Labute approximate surface area is 109 Å². The number of fused-ring (bicyclic) bond motifs is 1. The van der Waals surface area contributed by atoms with Gasteiger partial charge in [-0.1, -0.05) is 0 Å². The zero-order chi connectivity index (χ0) is 13.3. The van der Waals surface area contributed by atoms with Crippen LogP contribution in [0, 0.1) is 0 Å². The number of aliphatic hydroxyl groups is 1. The van der Waals surface area contributed by atoms with Gasteiger partial charge in [0.05, 0.1) is 7.11 Å². The van der Waals surface area contributed by atoms with Gasteiger partial charge in [0.25, 0.3) is 0 Å². The van der Waals surface area contributed by atoms with Crippen molar-refractivity contribution in [1.29, 1.82) is 0 Å². The highest BCUT2D eigenvalue weighted by atomic mass is 16.5. The minimum Gasteiger partial charge on any atom is -0.467 e. The number of carbonyl (C=O) groups excluding carboxylic acids is 1. The molecule has 1 N–H and O–H groups in total. The molecular formula is C13H24N2O3. The summed E-state index contributed by atoms with van der Waals surface area (Å²) in [7, 11) is 1.31. The SMILES string of the molecule is COC(=O)C(C)(O)CN1CC2CCCN2CC1C. The Morgan fingerprint density at radius 2 is 2.22 bits per heavy atom. The quantitative estimate of drug-likeness (QED) is 0.725. The Bertz CT molecular complexity index is 319. The summed E-state index contributed by atoms with van der Waals surface area (Å²) in [6.45, 7) is 7.20. The molecule has 2 fully saturated rings. The largest absolute Gasteiger partial charge is 0.467 e. The average molecular weight is 256 g/mol. The van der Waals surface area contributed by atoms with Crippen LogP contribution in [0.4, 0.5) is 0 Å². The molecule has 3 atom stereocenters. The van der Waals surface area contributed by atoms with E-state index in [4.69, 9.17) is 0 Å². The van der Waals surface area contributed by atoms with Crippen LogP contribution in [0.25, 0.3) is 0 Å². The van der Waals surface area contributed by atoms with Crippen LogP contribution in [0.5, 0.6) is 0 Å². The molecule has 0 saturated carbocycles. The summed E-state index contributed by atoms with van der Waals surface area (Å²) in [5.74, 6) is -0.552. The van der Waals surface area contributed by atoms with Crippen molar-refractivity contribution in [2.24, 2.45) is 0 Å². The molecule has 0 amide bonds. The molecule has 2 aliphatic rings. The summed E-state index contributed by atoms with van der Waals surface area (Å²) < 4.78 is 4.65. The summed E-state index contributed by atoms with van der Waals surface area (Å²) in [5.41, 5.74) is -1.41. The molecule has 104 valence electrons. The molecule has 0 aromatic heterocycles. The third-order valence-corrected chi connectivity index (χ3v) is 4.20. The molecular weight excluding hydrogens is 232 g/mol. The van der Waals surface area contributed by atoms with E-state index < -0.39 is 11.6 Å². The molecule has 0 aromatic carbocycles. The van der Waals surface area contributed by atoms with E-state index in [1.54, 1.807) is 0 Å². The summed E-state index contributed by atoms with van der Waals surface area (Å²) in [5, 5.41) is 10.2. The van der Waals surface area contributed by atoms with Gasteiger partial charge in [-0.3, -0.25) is 9.80 Å². The Hall–Kier alpha value is -0.650. The topological polar surface area (TPSA) is 53.0 Å². The number of rotatable bonds is 3. The lowest BCUT2D eigenvalue weighted by Gasteiger charge is -2.44. The number of β-amino-alcohol motifs (C(OH)–C–C–N with tert-alkyl or cyclic N) is 1. The van der Waals surface area contributed by atoms with Gasteiger partial charge in [0.15, 0.2) is 5.60 Å². The van der Waals surface area contributed by atoms with Crippen LogP contribution in [0.1, 0.15) is 26.7 Å². The maximum atomic E-state index is 11.5. The predicted molar refractivity (Wildman–Crippen MR) is 68.3 cm³/mol. The number of methoxy groups -OCH3 is 1. The fourth-order valence-electron chi connectivity index (χ4n) is 3.15. The van der Waals surface area contributed by atoms with E-state index in [-0.39, 0.29) is 0 Å². The standard InChI is InChI=1S/C13H24N2O3/c1-10-7-14-6-4-5-11(14)8-15(10)9-13(2,17)12(16)18-3/h10-11,17H,4-9H2,1-3H3. The van der Waals surface area contributed by atoms with Crippen molar-refractivity contribution in [3.05, 3.63) is 0 Å². The van der Waals surface area contributed by atoms with E-state index in [0.29, 0.717) is 18.6 Å². The first-order chi connectivity index (χ1) is 8.44. The van der Waals surface area contributed by atoms with Gasteiger partial charge in [0.2, 0.25) is 0 Å². The highest BCUT2D eigenvalue weighted by Gasteiger charge is 2.40. The maximum Gasteiger partial charge on any atom is 0.338 e. The third kappa shape index (κ3) is 2.68. The van der Waals surface area contributed by atoms with Crippen molar-refractivity contribution in [1.82, 2.24) is 9.80 Å². The molecule has 0 aliphatic carbocycles.